The molecule has 0 radical (unpaired) electrons. The Kier molecular flexibility index (Phi) is 5.87. The van der Waals surface area contributed by atoms with Gasteiger partial charge in [-0.05, 0) is 31.2 Å². The lowest BCUT2D eigenvalue weighted by atomic mass is 10.2. The second-order valence-corrected chi connectivity index (χ2v) is 4.02. The van der Waals surface area contributed by atoms with Crippen LogP contribution in [0, 0.1) is 6.92 Å². The van der Waals surface area contributed by atoms with E-state index in [9.17, 15) is 0 Å². The van der Waals surface area contributed by atoms with Crippen molar-refractivity contribution in [3.05, 3.63) is 66.5 Å². The molecule has 0 saturated heterocycles. The van der Waals surface area contributed by atoms with Crippen LogP contribution in [-0.4, -0.2) is 0 Å². The van der Waals surface area contributed by atoms with Crippen LogP contribution in [0.4, 0.5) is 5.69 Å². The van der Waals surface area contributed by atoms with Crippen LogP contribution in [0.25, 0.3) is 0 Å². The van der Waals surface area contributed by atoms with Gasteiger partial charge >= 0.3 is 0 Å². The number of rotatable bonds is 1. The Morgan fingerprint density at radius 3 is 1.76 bits per heavy atom. The van der Waals surface area contributed by atoms with Gasteiger partial charge in [-0.3, -0.25) is 0 Å². The summed E-state index contributed by atoms with van der Waals surface area (Å²) in [5.74, 6) is 0. The van der Waals surface area contributed by atoms with E-state index in [0.717, 1.165) is 0 Å². The van der Waals surface area contributed by atoms with E-state index in [1.165, 1.54) is 17.7 Å². The molecular weight excluding hydrogens is 206 g/mol. The van der Waals surface area contributed by atoms with Crippen molar-refractivity contribution >= 4 is 5.69 Å². The molecule has 1 aliphatic heterocycles. The van der Waals surface area contributed by atoms with E-state index >= 15 is 0 Å². The lowest BCUT2D eigenvalue weighted by Gasteiger charge is -2.14. The summed E-state index contributed by atoms with van der Waals surface area (Å²) in [6.07, 6.45) is 13.4. The maximum atomic E-state index is 2.12. The molecule has 0 amide bonds. The van der Waals surface area contributed by atoms with Crippen molar-refractivity contribution in [3.8, 4) is 0 Å². The standard InChI is InChI=1S/C13H13N.C3H8/c1-12-6-8-13(9-7-12)14-10-4-2-3-5-11-14;1-3-2/h2-11H,1H3;3H2,1-2H3. The van der Waals surface area contributed by atoms with Crippen molar-refractivity contribution in [3.63, 3.8) is 0 Å². The fourth-order valence-electron chi connectivity index (χ4n) is 1.35. The highest BCUT2D eigenvalue weighted by molar-refractivity contribution is 5.54. The molecule has 0 bridgehead atoms. The molecule has 1 nitrogen and oxygen atoms in total. The van der Waals surface area contributed by atoms with Gasteiger partial charge < -0.3 is 4.90 Å². The monoisotopic (exact) mass is 227 g/mol. The molecular formula is C16H21N. The lowest BCUT2D eigenvalue weighted by Crippen LogP contribution is -2.05. The number of nitrogens with zero attached hydrogens (tertiary/aromatic N) is 1. The average molecular weight is 227 g/mol. The van der Waals surface area contributed by atoms with Gasteiger partial charge in [0.2, 0.25) is 0 Å². The van der Waals surface area contributed by atoms with Gasteiger partial charge in [-0.15, -0.1) is 0 Å². The Morgan fingerprint density at radius 1 is 0.824 bits per heavy atom. The molecule has 0 saturated carbocycles. The lowest BCUT2D eigenvalue weighted by molar-refractivity contribution is 1.09. The summed E-state index contributed by atoms with van der Waals surface area (Å²) < 4.78 is 0. The maximum Gasteiger partial charge on any atom is 0.0449 e. The number of benzene rings is 1. The van der Waals surface area contributed by atoms with Gasteiger partial charge in [0.15, 0.2) is 0 Å². The Hall–Kier alpha value is -1.76. The summed E-state index contributed by atoms with van der Waals surface area (Å²) in [6.45, 7) is 6.35. The van der Waals surface area contributed by atoms with Gasteiger partial charge in [0.1, 0.15) is 0 Å². The van der Waals surface area contributed by atoms with Crippen molar-refractivity contribution in [2.75, 3.05) is 4.90 Å². The summed E-state index contributed by atoms with van der Waals surface area (Å²) in [4.78, 5) is 2.10. The molecule has 0 spiro atoms. The summed E-state index contributed by atoms with van der Waals surface area (Å²) >= 11 is 0. The predicted molar refractivity (Wildman–Crippen MR) is 77.0 cm³/mol. The van der Waals surface area contributed by atoms with E-state index in [1.54, 1.807) is 0 Å². The zero-order valence-electron chi connectivity index (χ0n) is 10.9. The topological polar surface area (TPSA) is 3.24 Å². The van der Waals surface area contributed by atoms with Crippen LogP contribution in [0.15, 0.2) is 61.0 Å². The number of aryl methyl sites for hydroxylation is 1. The van der Waals surface area contributed by atoms with E-state index in [-0.39, 0.29) is 0 Å². The molecule has 1 aliphatic rings. The Bertz CT molecular complexity index is 380. The van der Waals surface area contributed by atoms with Gasteiger partial charge in [-0.25, -0.2) is 0 Å². The maximum absolute atomic E-state index is 2.12. The molecule has 1 heteroatoms. The molecule has 0 atom stereocenters. The third-order valence-corrected chi connectivity index (χ3v) is 2.16. The first kappa shape index (κ1) is 13.3. The highest BCUT2D eigenvalue weighted by Gasteiger charge is 1.98. The predicted octanol–water partition coefficient (Wildman–Crippen LogP) is 4.81. The number of hydrogen-bond donors (Lipinski definition) is 0. The van der Waals surface area contributed by atoms with Crippen molar-refractivity contribution in [1.82, 2.24) is 0 Å². The largest absolute Gasteiger partial charge is 0.324 e. The van der Waals surface area contributed by atoms with Crippen LogP contribution in [0.5, 0.6) is 0 Å². The minimum atomic E-state index is 1.19. The van der Waals surface area contributed by atoms with Crippen LogP contribution in [0.3, 0.4) is 0 Å². The second-order valence-electron chi connectivity index (χ2n) is 4.02. The molecule has 1 aromatic rings. The molecule has 0 fully saturated rings. The van der Waals surface area contributed by atoms with Gasteiger partial charge in [-0.1, -0.05) is 50.1 Å². The fourth-order valence-corrected chi connectivity index (χ4v) is 1.35. The fraction of sp³-hybridized carbons (Fsp3) is 0.250. The van der Waals surface area contributed by atoms with E-state index in [0.29, 0.717) is 0 Å². The van der Waals surface area contributed by atoms with Crippen LogP contribution in [0.2, 0.25) is 0 Å². The van der Waals surface area contributed by atoms with Gasteiger partial charge in [0.05, 0.1) is 0 Å². The Morgan fingerprint density at radius 2 is 1.29 bits per heavy atom. The number of hydrogen-bond acceptors (Lipinski definition) is 1. The van der Waals surface area contributed by atoms with Gasteiger partial charge in [0, 0.05) is 18.1 Å². The van der Waals surface area contributed by atoms with E-state index in [1.807, 2.05) is 36.7 Å². The van der Waals surface area contributed by atoms with E-state index in [2.05, 4.69) is 49.9 Å². The van der Waals surface area contributed by atoms with Crippen molar-refractivity contribution in [1.29, 1.82) is 0 Å². The van der Waals surface area contributed by atoms with Crippen LogP contribution in [0.1, 0.15) is 25.8 Å². The van der Waals surface area contributed by atoms with Crippen molar-refractivity contribution in [2.45, 2.75) is 27.2 Å². The SMILES string of the molecule is CCC.Cc1ccc(N2C=CC=CC=C2)cc1. The van der Waals surface area contributed by atoms with Gasteiger partial charge in [0.25, 0.3) is 0 Å². The third kappa shape index (κ3) is 4.73. The molecule has 0 aliphatic carbocycles. The molecule has 2 rings (SSSR count). The molecule has 90 valence electrons. The first-order valence-electron chi connectivity index (χ1n) is 6.14. The smallest absolute Gasteiger partial charge is 0.0449 e. The summed E-state index contributed by atoms with van der Waals surface area (Å²) in [7, 11) is 0. The Labute approximate surface area is 105 Å². The summed E-state index contributed by atoms with van der Waals surface area (Å²) in [6, 6.07) is 8.48. The van der Waals surface area contributed by atoms with E-state index < -0.39 is 0 Å². The zero-order chi connectivity index (χ0) is 12.5. The average Bonchev–Trinajstić information content (AvgIpc) is 2.60. The molecule has 1 heterocycles. The molecule has 0 N–H and O–H groups in total. The van der Waals surface area contributed by atoms with Crippen molar-refractivity contribution in [2.24, 2.45) is 0 Å². The van der Waals surface area contributed by atoms with Crippen LogP contribution >= 0.6 is 0 Å². The Balaban J connectivity index is 0.000000437. The zero-order valence-corrected chi connectivity index (χ0v) is 10.9. The van der Waals surface area contributed by atoms with Crippen molar-refractivity contribution < 1.29 is 0 Å². The second kappa shape index (κ2) is 7.50. The number of anilines is 1. The summed E-state index contributed by atoms with van der Waals surface area (Å²) in [5.41, 5.74) is 2.47. The highest BCUT2D eigenvalue weighted by atomic mass is 15.1. The first-order chi connectivity index (χ1) is 8.27. The quantitative estimate of drug-likeness (QED) is 0.665. The highest BCUT2D eigenvalue weighted by Crippen LogP contribution is 2.16. The minimum absolute atomic E-state index is 1.19. The molecule has 0 unspecified atom stereocenters. The van der Waals surface area contributed by atoms with Gasteiger partial charge in [-0.2, -0.15) is 0 Å². The normalized spacial score (nSPS) is 13.0. The molecule has 0 aromatic heterocycles. The van der Waals surface area contributed by atoms with Crippen LogP contribution < -0.4 is 4.90 Å². The minimum Gasteiger partial charge on any atom is -0.324 e. The summed E-state index contributed by atoms with van der Waals surface area (Å²) in [5, 5.41) is 0. The van der Waals surface area contributed by atoms with E-state index in [4.69, 9.17) is 0 Å². The third-order valence-electron chi connectivity index (χ3n) is 2.16. The molecule has 17 heavy (non-hydrogen) atoms. The van der Waals surface area contributed by atoms with Crippen LogP contribution in [-0.2, 0) is 0 Å². The first-order valence-corrected chi connectivity index (χ1v) is 6.14. The molecule has 1 aromatic carbocycles. The number of allylic oxidation sites excluding steroid dienone is 4.